The average Bonchev–Trinajstić information content (AvgIpc) is 3.70. The fourth-order valence-corrected chi connectivity index (χ4v) is 10.2. The molecular weight excluding hydrogens is 848 g/mol. The van der Waals surface area contributed by atoms with Gasteiger partial charge in [0.15, 0.2) is 0 Å². The summed E-state index contributed by atoms with van der Waals surface area (Å²) < 4.78 is 16.3. The molecule has 3 heterocycles. The number of allylic oxidation sites excluding steroid dienone is 2. The summed E-state index contributed by atoms with van der Waals surface area (Å²) in [5.74, 6) is 5.48. The molecule has 0 saturated heterocycles. The second-order valence-corrected chi connectivity index (χ2v) is 15.6. The zero-order valence-corrected chi connectivity index (χ0v) is 34.0. The molecule has 0 radical (unpaired) electrons. The van der Waals surface area contributed by atoms with E-state index in [4.69, 9.17) is 19.6 Å². The van der Waals surface area contributed by atoms with E-state index in [1.807, 2.05) is 30.3 Å². The Balaban J connectivity index is 0.00000413. The molecule has 2 fully saturated rings. The van der Waals surface area contributed by atoms with Crippen LogP contribution in [-0.2, 0) is 21.1 Å². The first-order valence-electron chi connectivity index (χ1n) is 20.0. The summed E-state index contributed by atoms with van der Waals surface area (Å²) in [5.41, 5.74) is 8.46. The van der Waals surface area contributed by atoms with Gasteiger partial charge in [-0.2, -0.15) is 17.2 Å². The fourth-order valence-electron chi connectivity index (χ4n) is 10.2. The molecule has 3 aromatic carbocycles. The predicted molar refractivity (Wildman–Crippen MR) is 213 cm³/mol. The summed E-state index contributed by atoms with van der Waals surface area (Å²) in [6, 6.07) is 29.6. The molecular formula is C47H50N4O2Pt. The van der Waals surface area contributed by atoms with Gasteiger partial charge in [-0.15, -0.1) is 35.7 Å². The molecule has 3 aliphatic rings. The smallest absolute Gasteiger partial charge is 0.509 e. The molecule has 280 valence electrons. The van der Waals surface area contributed by atoms with Gasteiger partial charge in [-0.05, 0) is 80.5 Å². The van der Waals surface area contributed by atoms with Crippen molar-refractivity contribution < 1.29 is 30.5 Å². The van der Waals surface area contributed by atoms with Crippen molar-refractivity contribution in [3.63, 3.8) is 0 Å². The maximum atomic E-state index is 6.55. The number of benzene rings is 3. The van der Waals surface area contributed by atoms with Gasteiger partial charge in [0.05, 0.1) is 12.8 Å². The molecule has 0 N–H and O–H groups in total. The zero-order chi connectivity index (χ0) is 35.9. The van der Waals surface area contributed by atoms with Crippen molar-refractivity contribution in [1.29, 1.82) is 0 Å². The summed E-state index contributed by atoms with van der Waals surface area (Å²) in [6.45, 7) is 4.53. The third-order valence-corrected chi connectivity index (χ3v) is 12.6. The van der Waals surface area contributed by atoms with Gasteiger partial charge in [0.25, 0.3) is 0 Å². The number of fused-ring (bicyclic) bond motifs is 3. The third-order valence-electron chi connectivity index (χ3n) is 12.6. The first-order valence-corrected chi connectivity index (χ1v) is 20.0. The molecule has 9 rings (SSSR count). The van der Waals surface area contributed by atoms with Crippen LogP contribution in [0.3, 0.4) is 0 Å². The van der Waals surface area contributed by atoms with Crippen LogP contribution in [0.2, 0.25) is 0 Å². The molecule has 1 unspecified atom stereocenters. The van der Waals surface area contributed by atoms with Crippen LogP contribution < -0.4 is 9.47 Å². The molecule has 3 aromatic heterocycles. The third kappa shape index (κ3) is 6.85. The quantitative estimate of drug-likeness (QED) is 0.113. The Hall–Kier alpha value is -4.15. The molecule has 0 aliphatic heterocycles. The van der Waals surface area contributed by atoms with Crippen LogP contribution in [0.4, 0.5) is 0 Å². The normalized spacial score (nSPS) is 19.8. The van der Waals surface area contributed by atoms with Crippen LogP contribution in [0.25, 0.3) is 33.3 Å². The van der Waals surface area contributed by atoms with E-state index in [2.05, 4.69) is 77.7 Å². The molecule has 0 spiro atoms. The topological polar surface area (TPSA) is 54.1 Å². The molecule has 2 atom stereocenters. The van der Waals surface area contributed by atoms with Crippen molar-refractivity contribution in [2.45, 2.75) is 96.8 Å². The Kier molecular flexibility index (Phi) is 10.8. The minimum absolute atomic E-state index is 0. The van der Waals surface area contributed by atoms with E-state index in [9.17, 15) is 0 Å². The Bertz CT molecular complexity index is 2290. The molecule has 3 aliphatic carbocycles. The minimum Gasteiger partial charge on any atom is -0.509 e. The van der Waals surface area contributed by atoms with Crippen molar-refractivity contribution in [3.05, 3.63) is 114 Å². The number of hydrogen-bond acceptors (Lipinski definition) is 4. The number of para-hydroxylation sites is 1. The number of rotatable bonds is 8. The zero-order valence-electron chi connectivity index (χ0n) is 31.7. The molecule has 2 saturated carbocycles. The molecule has 6 aromatic rings. The number of nitrogens with zero attached hydrogens (tertiary/aromatic N) is 4. The van der Waals surface area contributed by atoms with E-state index in [1.165, 1.54) is 88.3 Å². The van der Waals surface area contributed by atoms with Crippen LogP contribution in [0.5, 0.6) is 17.2 Å². The monoisotopic (exact) mass is 897 g/mol. The number of hydrogen-bond donors (Lipinski definition) is 0. The van der Waals surface area contributed by atoms with Crippen LogP contribution in [0.1, 0.15) is 99.9 Å². The van der Waals surface area contributed by atoms with Crippen molar-refractivity contribution in [1.82, 2.24) is 19.3 Å². The maximum Gasteiger partial charge on any atom is 2.00 e. The van der Waals surface area contributed by atoms with Crippen molar-refractivity contribution in [3.8, 4) is 28.8 Å². The SMILES string of the molecule is COc1ccnc(-n2c3[c-]c(Oc4[c-]c(-n5nc(C)c(C6C(C7CCCCC7)=CCC[C@@H]6C6CCCCC6)c5C)ccc4)ccc3c3ccccc32)c1.[Pt+2]. The second kappa shape index (κ2) is 15.9. The number of ether oxygens (including phenoxy) is 2. The number of aromatic nitrogens is 4. The van der Waals surface area contributed by atoms with Crippen molar-refractivity contribution in [2.24, 2.45) is 17.8 Å². The second-order valence-electron chi connectivity index (χ2n) is 15.6. The molecule has 7 heteroatoms. The molecule has 0 amide bonds. The van der Waals surface area contributed by atoms with E-state index in [0.717, 1.165) is 56.6 Å². The summed E-state index contributed by atoms with van der Waals surface area (Å²) in [4.78, 5) is 4.70. The number of aryl methyl sites for hydroxylation is 1. The van der Waals surface area contributed by atoms with Gasteiger partial charge >= 0.3 is 21.1 Å². The summed E-state index contributed by atoms with van der Waals surface area (Å²) in [5, 5.41) is 7.48. The Morgan fingerprint density at radius 3 is 2.37 bits per heavy atom. The van der Waals surface area contributed by atoms with Crippen molar-refractivity contribution in [2.75, 3.05) is 7.11 Å². The van der Waals surface area contributed by atoms with E-state index in [1.54, 1.807) is 18.9 Å². The number of pyridine rings is 1. The van der Waals surface area contributed by atoms with Gasteiger partial charge in [-0.25, -0.2) is 4.98 Å². The molecule has 54 heavy (non-hydrogen) atoms. The van der Waals surface area contributed by atoms with Gasteiger partial charge < -0.3 is 14.0 Å². The summed E-state index contributed by atoms with van der Waals surface area (Å²) in [7, 11) is 1.68. The van der Waals surface area contributed by atoms with Gasteiger partial charge in [0.2, 0.25) is 0 Å². The van der Waals surface area contributed by atoms with E-state index in [0.29, 0.717) is 23.3 Å². The van der Waals surface area contributed by atoms with Crippen molar-refractivity contribution >= 4 is 21.8 Å². The van der Waals surface area contributed by atoms with Gasteiger partial charge in [0.1, 0.15) is 11.6 Å². The Labute approximate surface area is 334 Å². The number of methoxy groups -OCH3 is 1. The van der Waals surface area contributed by atoms with Crippen LogP contribution in [0, 0.1) is 43.7 Å². The predicted octanol–water partition coefficient (Wildman–Crippen LogP) is 12.0. The first-order chi connectivity index (χ1) is 26.1. The van der Waals surface area contributed by atoms with Crippen LogP contribution >= 0.6 is 0 Å². The maximum absolute atomic E-state index is 6.55. The standard InChI is InChI=1S/C47H50N4O2.Pt/c1-31-46(47-39(33-14-6-4-7-15-33)21-13-22-40(47)34-16-8-5-9-17-34)32(2)51(49-31)35-18-12-19-37(28-35)53-38-24-25-42-41-20-10-11-23-43(41)50(44(42)29-38)45-30-36(52-3)26-27-48-45;/h10-12,18-21,23-27,30,33-34,40,47H,4-9,13-17,22H2,1-3H3;/q-2;+2/t40-,47?;/m1./s1. The first kappa shape index (κ1) is 36.8. The van der Waals surface area contributed by atoms with E-state index < -0.39 is 0 Å². The van der Waals surface area contributed by atoms with Crippen LogP contribution in [-0.4, -0.2) is 26.4 Å². The van der Waals surface area contributed by atoms with Gasteiger partial charge in [0, 0.05) is 46.5 Å². The summed E-state index contributed by atoms with van der Waals surface area (Å²) >= 11 is 0. The van der Waals surface area contributed by atoms with Gasteiger partial charge in [-0.3, -0.25) is 4.68 Å². The summed E-state index contributed by atoms with van der Waals surface area (Å²) in [6.07, 6.45) is 20.7. The Morgan fingerprint density at radius 1 is 0.778 bits per heavy atom. The molecule has 6 nitrogen and oxygen atoms in total. The fraction of sp³-hybridized carbons (Fsp3) is 0.404. The van der Waals surface area contributed by atoms with Crippen LogP contribution in [0.15, 0.2) is 84.6 Å². The van der Waals surface area contributed by atoms with E-state index >= 15 is 0 Å². The average molecular weight is 898 g/mol. The van der Waals surface area contributed by atoms with Gasteiger partial charge in [-0.1, -0.05) is 86.7 Å². The largest absolute Gasteiger partial charge is 2.00 e. The Morgan fingerprint density at radius 2 is 1.56 bits per heavy atom. The van der Waals surface area contributed by atoms with E-state index in [-0.39, 0.29) is 21.1 Å². The molecule has 0 bridgehead atoms. The minimum atomic E-state index is 0.